The third-order valence-electron chi connectivity index (χ3n) is 9.34. The Bertz CT molecular complexity index is 1150. The smallest absolute Gasteiger partial charge is 0.326 e. The molecule has 7 unspecified atom stereocenters. The highest BCUT2D eigenvalue weighted by Gasteiger charge is 2.43. The summed E-state index contributed by atoms with van der Waals surface area (Å²) in [4.78, 5) is 67.3. The van der Waals surface area contributed by atoms with Crippen LogP contribution in [0.1, 0.15) is 65.9 Å². The predicted molar refractivity (Wildman–Crippen MR) is 174 cm³/mol. The third-order valence-corrected chi connectivity index (χ3v) is 9.34. The molecule has 0 spiro atoms. The van der Waals surface area contributed by atoms with Crippen molar-refractivity contribution in [2.75, 3.05) is 27.8 Å². The number of hydrogen-bond acceptors (Lipinski definition) is 7. The van der Waals surface area contributed by atoms with Crippen LogP contribution >= 0.6 is 0 Å². The van der Waals surface area contributed by atoms with E-state index >= 15 is 0 Å². The second-order valence-corrected chi connectivity index (χ2v) is 12.7. The number of carboxylic acid groups (broad SMARTS) is 1. The van der Waals surface area contributed by atoms with E-state index in [4.69, 9.17) is 9.47 Å². The number of rotatable bonds is 19. The van der Waals surface area contributed by atoms with E-state index in [-0.39, 0.29) is 36.5 Å². The van der Waals surface area contributed by atoms with Crippen molar-refractivity contribution in [3.63, 3.8) is 0 Å². The Kier molecular flexibility index (Phi) is 15.6. The van der Waals surface area contributed by atoms with E-state index in [9.17, 15) is 29.1 Å². The molecule has 2 rings (SSSR count). The molecule has 46 heavy (non-hydrogen) atoms. The normalized spacial score (nSPS) is 19.3. The molecule has 4 amide bonds. The highest BCUT2D eigenvalue weighted by molar-refractivity contribution is 5.86. The van der Waals surface area contributed by atoms with Gasteiger partial charge in [-0.3, -0.25) is 19.2 Å². The standard InChI is InChI=1S/C34H54N4O8/c1-9-22(4)30(37(6)33(42)29(21(2)3)35-20-39)27(45-7)19-28(40)38-17-13-16-26(38)31(46-8)23(5)32(41)36-25(34(43)44)18-24-14-11-10-12-15-24/h10-12,14-15,20-23,25-27,29-31H,9,13,16-19H2,1-8H3,(H,35,39)(H,36,41)(H,43,44)/t22?,23?,25?,26?,27?,29-,30?,31?/m0/s1. The molecule has 1 aromatic carbocycles. The van der Waals surface area contributed by atoms with Gasteiger partial charge >= 0.3 is 5.97 Å². The number of ether oxygens (including phenoxy) is 2. The first-order valence-corrected chi connectivity index (χ1v) is 16.2. The lowest BCUT2D eigenvalue weighted by molar-refractivity contribution is -0.148. The Morgan fingerprint density at radius 3 is 2.26 bits per heavy atom. The molecular weight excluding hydrogens is 592 g/mol. The topological polar surface area (TPSA) is 155 Å². The zero-order chi connectivity index (χ0) is 34.6. The van der Waals surface area contributed by atoms with Crippen molar-refractivity contribution in [3.8, 4) is 0 Å². The Morgan fingerprint density at radius 1 is 1.09 bits per heavy atom. The molecule has 1 fully saturated rings. The van der Waals surface area contributed by atoms with Crippen LogP contribution in [0.4, 0.5) is 0 Å². The van der Waals surface area contributed by atoms with E-state index in [0.717, 1.165) is 12.0 Å². The number of nitrogens with zero attached hydrogens (tertiary/aromatic N) is 2. The van der Waals surface area contributed by atoms with Crippen LogP contribution in [0.25, 0.3) is 0 Å². The summed E-state index contributed by atoms with van der Waals surface area (Å²) >= 11 is 0. The summed E-state index contributed by atoms with van der Waals surface area (Å²) in [7, 11) is 4.69. The molecule has 1 aliphatic rings. The molecule has 0 aromatic heterocycles. The predicted octanol–water partition coefficient (Wildman–Crippen LogP) is 2.49. The second kappa shape index (κ2) is 18.6. The number of carbonyl (C=O) groups is 5. The SMILES string of the molecule is CCC(C)C(C(CC(=O)N1CCCC1C(OC)C(C)C(=O)NC(Cc1ccccc1)C(=O)O)OC)N(C)C(=O)[C@@H](NC=O)C(C)C. The van der Waals surface area contributed by atoms with Gasteiger partial charge in [0, 0.05) is 34.2 Å². The Morgan fingerprint density at radius 2 is 1.74 bits per heavy atom. The van der Waals surface area contributed by atoms with Crippen LogP contribution in [0.3, 0.4) is 0 Å². The fourth-order valence-corrected chi connectivity index (χ4v) is 6.50. The molecule has 0 aliphatic carbocycles. The molecule has 12 heteroatoms. The van der Waals surface area contributed by atoms with Gasteiger partial charge in [-0.05, 0) is 30.2 Å². The van der Waals surface area contributed by atoms with E-state index in [0.29, 0.717) is 25.8 Å². The number of likely N-dealkylation sites (N-methyl/N-ethyl adjacent to an activating group) is 1. The summed E-state index contributed by atoms with van der Waals surface area (Å²) in [5.41, 5.74) is 0.786. The maximum atomic E-state index is 13.9. The molecule has 12 nitrogen and oxygen atoms in total. The molecule has 1 aliphatic heterocycles. The number of carboxylic acids is 1. The van der Waals surface area contributed by atoms with Gasteiger partial charge in [0.25, 0.3) is 0 Å². The van der Waals surface area contributed by atoms with Gasteiger partial charge < -0.3 is 35.0 Å². The van der Waals surface area contributed by atoms with Crippen molar-refractivity contribution in [2.45, 2.75) is 103 Å². The molecule has 1 heterocycles. The molecule has 0 saturated carbocycles. The highest BCUT2D eigenvalue weighted by atomic mass is 16.5. The zero-order valence-corrected chi connectivity index (χ0v) is 28.6. The maximum absolute atomic E-state index is 13.9. The highest BCUT2D eigenvalue weighted by Crippen LogP contribution is 2.29. The van der Waals surface area contributed by atoms with Crippen LogP contribution in [-0.4, -0.2) is 109 Å². The summed E-state index contributed by atoms with van der Waals surface area (Å²) < 4.78 is 11.7. The van der Waals surface area contributed by atoms with Crippen molar-refractivity contribution >= 4 is 30.1 Å². The van der Waals surface area contributed by atoms with Crippen molar-refractivity contribution in [3.05, 3.63) is 35.9 Å². The minimum absolute atomic E-state index is 0.00224. The van der Waals surface area contributed by atoms with Crippen LogP contribution in [0.15, 0.2) is 30.3 Å². The Hall–Kier alpha value is -3.51. The number of likely N-dealkylation sites (tertiary alicyclic amines) is 1. The number of methoxy groups -OCH3 is 2. The zero-order valence-electron chi connectivity index (χ0n) is 28.6. The first-order chi connectivity index (χ1) is 21.8. The summed E-state index contributed by atoms with van der Waals surface area (Å²) in [6.07, 6.45) is 1.43. The van der Waals surface area contributed by atoms with E-state index in [1.54, 1.807) is 23.8 Å². The van der Waals surface area contributed by atoms with Gasteiger partial charge in [0.15, 0.2) is 0 Å². The first-order valence-electron chi connectivity index (χ1n) is 16.2. The number of hydrogen-bond donors (Lipinski definition) is 3. The molecule has 258 valence electrons. The largest absolute Gasteiger partial charge is 0.480 e. The van der Waals surface area contributed by atoms with E-state index < -0.39 is 54.2 Å². The van der Waals surface area contributed by atoms with Crippen molar-refractivity contribution < 1.29 is 38.6 Å². The fraction of sp³-hybridized carbons (Fsp3) is 0.676. The number of benzene rings is 1. The van der Waals surface area contributed by atoms with E-state index in [1.165, 1.54) is 14.2 Å². The van der Waals surface area contributed by atoms with Gasteiger partial charge in [0.1, 0.15) is 12.1 Å². The van der Waals surface area contributed by atoms with E-state index in [1.807, 2.05) is 58.0 Å². The van der Waals surface area contributed by atoms with Crippen molar-refractivity contribution in [2.24, 2.45) is 17.8 Å². The molecule has 0 bridgehead atoms. The number of aliphatic carboxylic acids is 1. The third kappa shape index (κ3) is 9.99. The van der Waals surface area contributed by atoms with Crippen molar-refractivity contribution in [1.29, 1.82) is 0 Å². The molecule has 0 radical (unpaired) electrons. The number of amides is 4. The second-order valence-electron chi connectivity index (χ2n) is 12.7. The molecular formula is C34H54N4O8. The van der Waals surface area contributed by atoms with Crippen molar-refractivity contribution in [1.82, 2.24) is 20.4 Å². The maximum Gasteiger partial charge on any atom is 0.326 e. The first kappa shape index (κ1) is 38.7. The fourth-order valence-electron chi connectivity index (χ4n) is 6.50. The Labute approximate surface area is 273 Å². The van der Waals surface area contributed by atoms with Crippen LogP contribution in [0, 0.1) is 17.8 Å². The molecule has 1 aromatic rings. The van der Waals surface area contributed by atoms with Gasteiger partial charge in [0.05, 0.1) is 36.6 Å². The van der Waals surface area contributed by atoms with Gasteiger partial charge in [-0.2, -0.15) is 0 Å². The lowest BCUT2D eigenvalue weighted by Crippen LogP contribution is -2.57. The number of carbonyl (C=O) groups excluding carboxylic acids is 4. The van der Waals surface area contributed by atoms with Gasteiger partial charge in [-0.15, -0.1) is 0 Å². The van der Waals surface area contributed by atoms with Crippen LogP contribution in [0.2, 0.25) is 0 Å². The summed E-state index contributed by atoms with van der Waals surface area (Å²) in [5, 5.41) is 15.1. The summed E-state index contributed by atoms with van der Waals surface area (Å²) in [6.45, 7) is 9.88. The van der Waals surface area contributed by atoms with Gasteiger partial charge in [0.2, 0.25) is 24.1 Å². The Balaban J connectivity index is 2.22. The van der Waals surface area contributed by atoms with Crippen LogP contribution in [-0.2, 0) is 39.9 Å². The minimum atomic E-state index is -1.14. The van der Waals surface area contributed by atoms with Gasteiger partial charge in [-0.1, -0.05) is 71.4 Å². The minimum Gasteiger partial charge on any atom is -0.480 e. The monoisotopic (exact) mass is 646 g/mol. The average Bonchev–Trinajstić information content (AvgIpc) is 3.52. The lowest BCUT2D eigenvalue weighted by atomic mass is 9.89. The summed E-state index contributed by atoms with van der Waals surface area (Å²) in [5.74, 6) is -2.94. The number of nitrogens with one attached hydrogen (secondary N) is 2. The molecule has 3 N–H and O–H groups in total. The van der Waals surface area contributed by atoms with Gasteiger partial charge in [-0.25, -0.2) is 4.79 Å². The van der Waals surface area contributed by atoms with Crippen LogP contribution < -0.4 is 10.6 Å². The van der Waals surface area contributed by atoms with Crippen LogP contribution in [0.5, 0.6) is 0 Å². The lowest BCUT2D eigenvalue weighted by Gasteiger charge is -2.40. The van der Waals surface area contributed by atoms with E-state index in [2.05, 4.69) is 10.6 Å². The quantitative estimate of drug-likeness (QED) is 0.194. The molecule has 8 atom stereocenters. The summed E-state index contributed by atoms with van der Waals surface area (Å²) in [6, 6.07) is 6.40. The molecule has 1 saturated heterocycles. The average molecular weight is 647 g/mol.